The lowest BCUT2D eigenvalue weighted by atomic mass is 9.80. The van der Waals surface area contributed by atoms with Crippen LogP contribution in [-0.4, -0.2) is 11.2 Å². The molecule has 0 bridgehead atoms. The lowest BCUT2D eigenvalue weighted by Crippen LogP contribution is -2.41. The minimum atomic E-state index is -0.294. The monoisotopic (exact) mass is 303 g/mol. The molecule has 2 N–H and O–H groups in total. The zero-order valence-electron chi connectivity index (χ0n) is 12.3. The molecule has 5 nitrogen and oxygen atoms in total. The second kappa shape index (κ2) is 6.17. The fourth-order valence-electron chi connectivity index (χ4n) is 2.89. The van der Waals surface area contributed by atoms with Crippen molar-refractivity contribution in [2.24, 2.45) is 5.92 Å². The van der Waals surface area contributed by atoms with Crippen LogP contribution in [0.1, 0.15) is 36.2 Å². The number of fused-ring (bicyclic) bond motifs is 1. The Labute approximate surface area is 127 Å². The average molecular weight is 303 g/mol. The summed E-state index contributed by atoms with van der Waals surface area (Å²) >= 11 is 0. The van der Waals surface area contributed by atoms with Gasteiger partial charge in [0, 0.05) is 6.07 Å². The average Bonchev–Trinajstić information content (AvgIpc) is 3.02. The minimum Gasteiger partial charge on any atom is -0.364 e. The Morgan fingerprint density at radius 2 is 2.32 bits per heavy atom. The van der Waals surface area contributed by atoms with Crippen LogP contribution in [0.5, 0.6) is 0 Å². The van der Waals surface area contributed by atoms with Gasteiger partial charge in [0.15, 0.2) is 0 Å². The van der Waals surface area contributed by atoms with Gasteiger partial charge in [-0.2, -0.15) is 0 Å². The molecule has 6 heteroatoms. The molecule has 2 atom stereocenters. The maximum Gasteiger partial charge on any atom is 0.315 e. The van der Waals surface area contributed by atoms with E-state index in [1.807, 2.05) is 6.07 Å². The molecule has 0 radical (unpaired) electrons. The number of nitrogens with one attached hydrogen (secondary N) is 2. The van der Waals surface area contributed by atoms with Crippen LogP contribution >= 0.6 is 0 Å². The number of hydrogen-bond acceptors (Lipinski definition) is 3. The second-order valence-corrected chi connectivity index (χ2v) is 5.62. The van der Waals surface area contributed by atoms with E-state index in [2.05, 4.69) is 22.7 Å². The molecule has 1 heterocycles. The molecule has 0 saturated carbocycles. The molecular formula is C16H18FN3O2. The van der Waals surface area contributed by atoms with Crippen molar-refractivity contribution in [3.8, 4) is 0 Å². The van der Waals surface area contributed by atoms with E-state index in [1.54, 1.807) is 12.1 Å². The van der Waals surface area contributed by atoms with Gasteiger partial charge in [-0.25, -0.2) is 9.18 Å². The summed E-state index contributed by atoms with van der Waals surface area (Å²) in [6, 6.07) is 6.25. The quantitative estimate of drug-likeness (QED) is 0.916. The number of amides is 2. The predicted octanol–water partition coefficient (Wildman–Crippen LogP) is 2.94. The number of halogens is 1. The van der Waals surface area contributed by atoms with Gasteiger partial charge in [-0.1, -0.05) is 24.2 Å². The van der Waals surface area contributed by atoms with Gasteiger partial charge < -0.3 is 15.2 Å². The Balaban J connectivity index is 1.69. The van der Waals surface area contributed by atoms with E-state index >= 15 is 0 Å². The highest BCUT2D eigenvalue weighted by Gasteiger charge is 2.29. The van der Waals surface area contributed by atoms with Crippen molar-refractivity contribution in [3.05, 3.63) is 53.2 Å². The number of benzene rings is 1. The van der Waals surface area contributed by atoms with Gasteiger partial charge in [-0.05, 0) is 36.0 Å². The fraction of sp³-hybridized carbons (Fsp3) is 0.375. The second-order valence-electron chi connectivity index (χ2n) is 5.62. The van der Waals surface area contributed by atoms with Crippen LogP contribution in [0.15, 0.2) is 35.1 Å². The largest absolute Gasteiger partial charge is 0.364 e. The van der Waals surface area contributed by atoms with Crippen LogP contribution in [0.25, 0.3) is 0 Å². The number of rotatable bonds is 3. The fourth-order valence-corrected chi connectivity index (χ4v) is 2.89. The van der Waals surface area contributed by atoms with E-state index in [0.717, 1.165) is 12.0 Å². The Hall–Kier alpha value is -2.37. The molecule has 1 aliphatic rings. The van der Waals surface area contributed by atoms with E-state index < -0.39 is 0 Å². The highest BCUT2D eigenvalue weighted by molar-refractivity contribution is 5.74. The summed E-state index contributed by atoms with van der Waals surface area (Å²) in [4.78, 5) is 12.1. The van der Waals surface area contributed by atoms with Crippen LogP contribution in [0, 0.1) is 11.7 Å². The van der Waals surface area contributed by atoms with Crippen molar-refractivity contribution in [1.29, 1.82) is 0 Å². The third-order valence-electron chi connectivity index (χ3n) is 4.12. The first-order valence-electron chi connectivity index (χ1n) is 7.36. The van der Waals surface area contributed by atoms with Crippen molar-refractivity contribution in [2.75, 3.05) is 0 Å². The molecule has 1 aliphatic carbocycles. The van der Waals surface area contributed by atoms with Gasteiger partial charge in [-0.3, -0.25) is 0 Å². The molecule has 0 spiro atoms. The molecule has 22 heavy (non-hydrogen) atoms. The maximum absolute atomic E-state index is 13.9. The van der Waals surface area contributed by atoms with Gasteiger partial charge in [-0.15, -0.1) is 0 Å². The molecule has 3 rings (SSSR count). The lowest BCUT2D eigenvalue weighted by Gasteiger charge is -2.32. The van der Waals surface area contributed by atoms with Crippen molar-refractivity contribution in [3.63, 3.8) is 0 Å². The number of carbonyl (C=O) groups excluding carboxylic acids is 1. The third kappa shape index (κ3) is 2.95. The van der Waals surface area contributed by atoms with E-state index in [-0.39, 0.29) is 23.8 Å². The molecule has 0 saturated heterocycles. The summed E-state index contributed by atoms with van der Waals surface area (Å²) in [7, 11) is 0. The predicted molar refractivity (Wildman–Crippen MR) is 78.5 cm³/mol. The van der Waals surface area contributed by atoms with Crippen molar-refractivity contribution in [2.45, 2.75) is 32.4 Å². The summed E-state index contributed by atoms with van der Waals surface area (Å²) < 4.78 is 18.6. The van der Waals surface area contributed by atoms with Gasteiger partial charge in [0.2, 0.25) is 0 Å². The molecule has 1 aromatic heterocycles. The molecule has 1 aromatic carbocycles. The Morgan fingerprint density at radius 1 is 1.45 bits per heavy atom. The van der Waals surface area contributed by atoms with E-state index in [0.29, 0.717) is 24.2 Å². The first-order valence-corrected chi connectivity index (χ1v) is 7.36. The van der Waals surface area contributed by atoms with Crippen LogP contribution in [0.4, 0.5) is 9.18 Å². The Kier molecular flexibility index (Phi) is 4.09. The zero-order chi connectivity index (χ0) is 15.5. The van der Waals surface area contributed by atoms with Gasteiger partial charge >= 0.3 is 6.03 Å². The summed E-state index contributed by atoms with van der Waals surface area (Å²) in [5.74, 6) is 0.0614. The van der Waals surface area contributed by atoms with E-state index in [9.17, 15) is 9.18 Å². The molecule has 116 valence electrons. The summed E-state index contributed by atoms with van der Waals surface area (Å²) in [6.45, 7) is 2.36. The molecule has 2 aromatic rings. The number of carbonyl (C=O) groups is 1. The molecule has 0 unspecified atom stereocenters. The summed E-state index contributed by atoms with van der Waals surface area (Å²) in [6.07, 6.45) is 3.02. The number of aromatic nitrogens is 1. The number of nitrogens with zero attached hydrogens (tertiary/aromatic N) is 1. The molecular weight excluding hydrogens is 285 g/mol. The first-order chi connectivity index (χ1) is 10.6. The van der Waals surface area contributed by atoms with Crippen LogP contribution in [0.2, 0.25) is 0 Å². The highest BCUT2D eigenvalue weighted by Crippen LogP contribution is 2.35. The van der Waals surface area contributed by atoms with E-state index in [1.165, 1.54) is 12.3 Å². The number of hydrogen-bond donors (Lipinski definition) is 2. The van der Waals surface area contributed by atoms with E-state index in [4.69, 9.17) is 4.52 Å². The third-order valence-corrected chi connectivity index (χ3v) is 4.12. The summed E-state index contributed by atoms with van der Waals surface area (Å²) in [5, 5.41) is 9.40. The van der Waals surface area contributed by atoms with Crippen molar-refractivity contribution in [1.82, 2.24) is 15.8 Å². The topological polar surface area (TPSA) is 67.2 Å². The minimum absolute atomic E-state index is 0.184. The van der Waals surface area contributed by atoms with Gasteiger partial charge in [0.05, 0.1) is 12.6 Å². The molecule has 2 amide bonds. The highest BCUT2D eigenvalue weighted by atomic mass is 19.1. The Morgan fingerprint density at radius 3 is 3.09 bits per heavy atom. The molecule has 0 fully saturated rings. The Bertz CT molecular complexity index is 657. The molecule has 0 aliphatic heterocycles. The van der Waals surface area contributed by atoms with Crippen LogP contribution < -0.4 is 10.6 Å². The van der Waals surface area contributed by atoms with Crippen molar-refractivity contribution < 1.29 is 13.7 Å². The van der Waals surface area contributed by atoms with Crippen molar-refractivity contribution >= 4 is 6.03 Å². The lowest BCUT2D eigenvalue weighted by molar-refractivity contribution is 0.228. The number of urea groups is 1. The first kappa shape index (κ1) is 14.6. The zero-order valence-corrected chi connectivity index (χ0v) is 12.3. The smallest absolute Gasteiger partial charge is 0.315 e. The van der Waals surface area contributed by atoms with Gasteiger partial charge in [0.1, 0.15) is 17.8 Å². The van der Waals surface area contributed by atoms with Crippen LogP contribution in [-0.2, 0) is 13.0 Å². The van der Waals surface area contributed by atoms with Crippen LogP contribution in [0.3, 0.4) is 0 Å². The normalized spacial score (nSPS) is 20.3. The maximum atomic E-state index is 13.9. The summed E-state index contributed by atoms with van der Waals surface area (Å²) in [5.41, 5.74) is 2.23. The standard InChI is InChI=1S/C16H18FN3O2/c1-10-5-6-12-13(3-2-4-14(12)17)15(10)19-16(21)18-9-11-7-8-22-20-11/h2-4,7-8,10,15H,5-6,9H2,1H3,(H2,18,19,21)/t10-,15-/m1/s1. The van der Waals surface area contributed by atoms with Gasteiger partial charge in [0.25, 0.3) is 0 Å². The SMILES string of the molecule is C[C@@H]1CCc2c(F)cccc2[C@@H]1NC(=O)NCc1ccon1.